The topological polar surface area (TPSA) is 3.24 Å². The lowest BCUT2D eigenvalue weighted by molar-refractivity contribution is -0.146. The standard InChI is InChI=1S/C11H22F3N/c1-4-5-7-15(8-6-10(2)3)9-11(12,13)14/h10H,4-9H2,1-3H3. The zero-order valence-electron chi connectivity index (χ0n) is 9.90. The van der Waals surface area contributed by atoms with Gasteiger partial charge in [-0.05, 0) is 31.8 Å². The Hall–Kier alpha value is -0.250. The van der Waals surface area contributed by atoms with E-state index >= 15 is 0 Å². The van der Waals surface area contributed by atoms with Gasteiger partial charge >= 0.3 is 6.18 Å². The predicted molar refractivity (Wildman–Crippen MR) is 56.9 cm³/mol. The second kappa shape index (κ2) is 7.09. The monoisotopic (exact) mass is 225 g/mol. The fraction of sp³-hybridized carbons (Fsp3) is 1.00. The smallest absolute Gasteiger partial charge is 0.295 e. The molecule has 0 aliphatic heterocycles. The van der Waals surface area contributed by atoms with Crippen LogP contribution in [0.3, 0.4) is 0 Å². The molecule has 1 nitrogen and oxygen atoms in total. The van der Waals surface area contributed by atoms with Crippen molar-refractivity contribution in [2.24, 2.45) is 5.92 Å². The van der Waals surface area contributed by atoms with E-state index in [0.29, 0.717) is 19.0 Å². The van der Waals surface area contributed by atoms with E-state index in [0.717, 1.165) is 19.3 Å². The van der Waals surface area contributed by atoms with E-state index in [9.17, 15) is 13.2 Å². The summed E-state index contributed by atoms with van der Waals surface area (Å²) < 4.78 is 36.6. The SMILES string of the molecule is CCCCN(CCC(C)C)CC(F)(F)F. The van der Waals surface area contributed by atoms with Crippen molar-refractivity contribution in [3.05, 3.63) is 0 Å². The molecule has 0 amide bonds. The summed E-state index contributed by atoms with van der Waals surface area (Å²) in [5.41, 5.74) is 0. The zero-order valence-corrected chi connectivity index (χ0v) is 9.90. The van der Waals surface area contributed by atoms with Gasteiger partial charge in [-0.25, -0.2) is 0 Å². The van der Waals surface area contributed by atoms with Gasteiger partial charge in [0.05, 0.1) is 6.54 Å². The largest absolute Gasteiger partial charge is 0.401 e. The number of nitrogens with zero attached hydrogens (tertiary/aromatic N) is 1. The number of hydrogen-bond acceptors (Lipinski definition) is 1. The molecule has 0 spiro atoms. The van der Waals surface area contributed by atoms with E-state index in [-0.39, 0.29) is 0 Å². The van der Waals surface area contributed by atoms with Crippen molar-refractivity contribution in [2.75, 3.05) is 19.6 Å². The maximum absolute atomic E-state index is 12.2. The summed E-state index contributed by atoms with van der Waals surface area (Å²) in [6.45, 7) is 6.41. The Bertz CT molecular complexity index is 154. The maximum Gasteiger partial charge on any atom is 0.401 e. The Labute approximate surface area is 90.6 Å². The van der Waals surface area contributed by atoms with Crippen molar-refractivity contribution in [1.82, 2.24) is 4.90 Å². The molecule has 4 heteroatoms. The van der Waals surface area contributed by atoms with Gasteiger partial charge in [0.1, 0.15) is 0 Å². The minimum Gasteiger partial charge on any atom is -0.295 e. The van der Waals surface area contributed by atoms with Gasteiger partial charge in [0, 0.05) is 0 Å². The third kappa shape index (κ3) is 10.0. The normalized spacial score (nSPS) is 12.8. The molecule has 0 fully saturated rings. The summed E-state index contributed by atoms with van der Waals surface area (Å²) in [5.74, 6) is 0.461. The molecule has 0 N–H and O–H groups in total. The van der Waals surface area contributed by atoms with Gasteiger partial charge in [0.25, 0.3) is 0 Å². The second-order valence-corrected chi connectivity index (χ2v) is 4.43. The molecule has 92 valence electrons. The molecule has 0 heterocycles. The van der Waals surface area contributed by atoms with E-state index in [2.05, 4.69) is 0 Å². The van der Waals surface area contributed by atoms with Gasteiger partial charge in [0.15, 0.2) is 0 Å². The van der Waals surface area contributed by atoms with Crippen LogP contribution in [-0.4, -0.2) is 30.7 Å². The fourth-order valence-electron chi connectivity index (χ4n) is 1.35. The van der Waals surface area contributed by atoms with Gasteiger partial charge in [0.2, 0.25) is 0 Å². The third-order valence-corrected chi connectivity index (χ3v) is 2.25. The van der Waals surface area contributed by atoms with Gasteiger partial charge in [-0.15, -0.1) is 0 Å². The highest BCUT2D eigenvalue weighted by Gasteiger charge is 2.30. The number of alkyl halides is 3. The minimum absolute atomic E-state index is 0.461. The lowest BCUT2D eigenvalue weighted by atomic mass is 10.1. The third-order valence-electron chi connectivity index (χ3n) is 2.25. The molecule has 0 aliphatic rings. The van der Waals surface area contributed by atoms with Crippen LogP contribution in [0.5, 0.6) is 0 Å². The van der Waals surface area contributed by atoms with Crippen molar-refractivity contribution in [3.8, 4) is 0 Å². The van der Waals surface area contributed by atoms with E-state index < -0.39 is 12.7 Å². The molecule has 0 aromatic carbocycles. The number of halogens is 3. The van der Waals surface area contributed by atoms with Gasteiger partial charge in [-0.2, -0.15) is 13.2 Å². The van der Waals surface area contributed by atoms with Crippen LogP contribution >= 0.6 is 0 Å². The quantitative estimate of drug-likeness (QED) is 0.638. The first kappa shape index (κ1) is 14.8. The molecule has 15 heavy (non-hydrogen) atoms. The Kier molecular flexibility index (Phi) is 6.98. The number of unbranched alkanes of at least 4 members (excludes halogenated alkanes) is 1. The molecule has 0 aromatic rings. The molecule has 0 unspecified atom stereocenters. The first-order valence-electron chi connectivity index (χ1n) is 5.64. The fourth-order valence-corrected chi connectivity index (χ4v) is 1.35. The van der Waals surface area contributed by atoms with Crippen LogP contribution in [0.1, 0.15) is 40.0 Å². The Morgan fingerprint density at radius 3 is 2.13 bits per heavy atom. The molecule has 0 aromatic heterocycles. The molecule has 0 aliphatic carbocycles. The molecular formula is C11H22F3N. The molecule has 0 radical (unpaired) electrons. The highest BCUT2D eigenvalue weighted by Crippen LogP contribution is 2.17. The van der Waals surface area contributed by atoms with Crippen LogP contribution in [0.2, 0.25) is 0 Å². The lowest BCUT2D eigenvalue weighted by Crippen LogP contribution is -2.36. The van der Waals surface area contributed by atoms with Crippen molar-refractivity contribution in [3.63, 3.8) is 0 Å². The van der Waals surface area contributed by atoms with E-state index in [4.69, 9.17) is 0 Å². The average Bonchev–Trinajstić information content (AvgIpc) is 2.07. The molecule has 0 atom stereocenters. The van der Waals surface area contributed by atoms with Crippen LogP contribution in [0.25, 0.3) is 0 Å². The first-order valence-corrected chi connectivity index (χ1v) is 5.64. The van der Waals surface area contributed by atoms with Crippen LogP contribution in [0.15, 0.2) is 0 Å². The first-order chi connectivity index (χ1) is 6.85. The summed E-state index contributed by atoms with van der Waals surface area (Å²) in [6, 6.07) is 0. The van der Waals surface area contributed by atoms with Crippen molar-refractivity contribution in [1.29, 1.82) is 0 Å². The molecule has 0 bridgehead atoms. The van der Waals surface area contributed by atoms with Crippen LogP contribution in [0, 0.1) is 5.92 Å². The molecule has 0 rings (SSSR count). The van der Waals surface area contributed by atoms with E-state index in [1.165, 1.54) is 4.90 Å². The molecule has 0 saturated carbocycles. The van der Waals surface area contributed by atoms with Crippen molar-refractivity contribution >= 4 is 0 Å². The zero-order chi connectivity index (χ0) is 11.9. The average molecular weight is 225 g/mol. The summed E-state index contributed by atoms with van der Waals surface area (Å²) in [4.78, 5) is 1.52. The minimum atomic E-state index is -4.06. The van der Waals surface area contributed by atoms with Gasteiger partial charge < -0.3 is 0 Å². The van der Waals surface area contributed by atoms with Crippen LogP contribution < -0.4 is 0 Å². The van der Waals surface area contributed by atoms with Gasteiger partial charge in [-0.3, -0.25) is 4.90 Å². The lowest BCUT2D eigenvalue weighted by Gasteiger charge is -2.24. The molecular weight excluding hydrogens is 203 g/mol. The van der Waals surface area contributed by atoms with E-state index in [1.54, 1.807) is 0 Å². The van der Waals surface area contributed by atoms with E-state index in [1.807, 2.05) is 20.8 Å². The highest BCUT2D eigenvalue weighted by molar-refractivity contribution is 4.64. The number of hydrogen-bond donors (Lipinski definition) is 0. The summed E-state index contributed by atoms with van der Waals surface area (Å²) in [5, 5.41) is 0. The summed E-state index contributed by atoms with van der Waals surface area (Å²) >= 11 is 0. The van der Waals surface area contributed by atoms with Crippen LogP contribution in [-0.2, 0) is 0 Å². The number of rotatable bonds is 7. The Balaban J connectivity index is 3.95. The van der Waals surface area contributed by atoms with Crippen molar-refractivity contribution < 1.29 is 13.2 Å². The molecule has 0 saturated heterocycles. The Morgan fingerprint density at radius 1 is 1.13 bits per heavy atom. The Morgan fingerprint density at radius 2 is 1.73 bits per heavy atom. The van der Waals surface area contributed by atoms with Gasteiger partial charge in [-0.1, -0.05) is 27.2 Å². The predicted octanol–water partition coefficient (Wildman–Crippen LogP) is 3.70. The van der Waals surface area contributed by atoms with Crippen LogP contribution in [0.4, 0.5) is 13.2 Å². The maximum atomic E-state index is 12.2. The summed E-state index contributed by atoms with van der Waals surface area (Å²) in [7, 11) is 0. The van der Waals surface area contributed by atoms with Crippen molar-refractivity contribution in [2.45, 2.75) is 46.2 Å². The highest BCUT2D eigenvalue weighted by atomic mass is 19.4. The summed E-state index contributed by atoms with van der Waals surface area (Å²) in [6.07, 6.45) is -1.45. The second-order valence-electron chi connectivity index (χ2n) is 4.43.